The van der Waals surface area contributed by atoms with Gasteiger partial charge >= 0.3 is 0 Å². The van der Waals surface area contributed by atoms with E-state index in [0.717, 1.165) is 15.8 Å². The lowest BCUT2D eigenvalue weighted by molar-refractivity contribution is 0.777. The Morgan fingerprint density at radius 1 is 1.35 bits per heavy atom. The van der Waals surface area contributed by atoms with E-state index < -0.39 is 0 Å². The van der Waals surface area contributed by atoms with Gasteiger partial charge < -0.3 is 5.73 Å². The number of rotatable bonds is 2. The normalized spacial score (nSPS) is 20.2. The van der Waals surface area contributed by atoms with Crippen molar-refractivity contribution in [1.82, 2.24) is 10.2 Å². The lowest BCUT2D eigenvalue weighted by atomic mass is 10.0. The molecule has 88 valence electrons. The molecule has 0 saturated carbocycles. The van der Waals surface area contributed by atoms with Crippen LogP contribution < -0.4 is 5.73 Å². The Balaban J connectivity index is 1.95. The summed E-state index contributed by atoms with van der Waals surface area (Å²) in [7, 11) is 0. The smallest absolute Gasteiger partial charge is 0.133 e. The van der Waals surface area contributed by atoms with Crippen molar-refractivity contribution < 1.29 is 0 Å². The molecule has 17 heavy (non-hydrogen) atoms. The number of nitrogens with zero attached hydrogens (tertiary/aromatic N) is 2. The summed E-state index contributed by atoms with van der Waals surface area (Å²) >= 11 is 3.54. The molecular weight excluding hydrogens is 250 g/mol. The summed E-state index contributed by atoms with van der Waals surface area (Å²) in [5, 5.41) is 10.5. The molecule has 2 N–H and O–H groups in total. The monoisotopic (exact) mass is 263 g/mol. The van der Waals surface area contributed by atoms with E-state index in [1.807, 2.05) is 18.7 Å². The maximum atomic E-state index is 5.82. The van der Waals surface area contributed by atoms with Crippen molar-refractivity contribution in [1.29, 1.82) is 0 Å². The predicted molar refractivity (Wildman–Crippen MR) is 71.5 cm³/mol. The number of fused-ring (bicyclic) bond motifs is 1. The quantitative estimate of drug-likeness (QED) is 0.905. The van der Waals surface area contributed by atoms with Gasteiger partial charge in [0, 0.05) is 16.6 Å². The molecule has 5 heteroatoms. The molecule has 0 amide bonds. The number of thioether (sulfide) groups is 1. The van der Waals surface area contributed by atoms with E-state index in [1.54, 1.807) is 11.3 Å². The van der Waals surface area contributed by atoms with E-state index in [9.17, 15) is 0 Å². The van der Waals surface area contributed by atoms with Gasteiger partial charge in [-0.05, 0) is 18.6 Å². The van der Waals surface area contributed by atoms with Crippen LogP contribution in [-0.4, -0.2) is 16.0 Å². The molecule has 1 aromatic heterocycles. The third kappa shape index (κ3) is 1.99. The first kappa shape index (κ1) is 11.2. The Kier molecular flexibility index (Phi) is 2.90. The van der Waals surface area contributed by atoms with Gasteiger partial charge in [-0.15, -0.1) is 22.0 Å². The first-order valence-corrected chi connectivity index (χ1v) is 7.36. The minimum absolute atomic E-state index is 0.0226. The van der Waals surface area contributed by atoms with Crippen molar-refractivity contribution >= 4 is 23.1 Å². The van der Waals surface area contributed by atoms with Crippen LogP contribution in [0, 0.1) is 0 Å². The maximum absolute atomic E-state index is 5.82. The number of nitrogens with two attached hydrogens (primary N) is 1. The molecule has 2 heterocycles. The summed E-state index contributed by atoms with van der Waals surface area (Å²) in [6.45, 7) is 1.95. The van der Waals surface area contributed by atoms with Crippen LogP contribution in [-0.2, 0) is 0 Å². The molecule has 2 unspecified atom stereocenters. The van der Waals surface area contributed by atoms with Crippen LogP contribution in [0.25, 0.3) is 0 Å². The van der Waals surface area contributed by atoms with Crippen LogP contribution in [0.1, 0.15) is 34.5 Å². The highest BCUT2D eigenvalue weighted by Crippen LogP contribution is 2.43. The topological polar surface area (TPSA) is 51.8 Å². The van der Waals surface area contributed by atoms with Crippen LogP contribution >= 0.6 is 23.1 Å². The molecule has 2 aromatic rings. The van der Waals surface area contributed by atoms with Crippen LogP contribution in [0.15, 0.2) is 29.2 Å². The fourth-order valence-electron chi connectivity index (χ4n) is 1.94. The van der Waals surface area contributed by atoms with Crippen LogP contribution in [0.3, 0.4) is 0 Å². The molecule has 2 atom stereocenters. The van der Waals surface area contributed by atoms with Gasteiger partial charge in [-0.2, -0.15) is 0 Å². The predicted octanol–water partition coefficient (Wildman–Crippen LogP) is 2.80. The average molecular weight is 263 g/mol. The van der Waals surface area contributed by atoms with Gasteiger partial charge in [0.05, 0.1) is 6.04 Å². The second-order valence-electron chi connectivity index (χ2n) is 4.17. The molecular formula is C12H13N3S2. The summed E-state index contributed by atoms with van der Waals surface area (Å²) in [6.07, 6.45) is 0. The Morgan fingerprint density at radius 3 is 2.94 bits per heavy atom. The fourth-order valence-corrected chi connectivity index (χ4v) is 4.20. The van der Waals surface area contributed by atoms with E-state index in [2.05, 4.69) is 34.5 Å². The van der Waals surface area contributed by atoms with Crippen molar-refractivity contribution in [3.63, 3.8) is 0 Å². The van der Waals surface area contributed by atoms with Crippen molar-refractivity contribution in [2.24, 2.45) is 5.73 Å². The van der Waals surface area contributed by atoms with Crippen LogP contribution in [0.4, 0.5) is 0 Å². The molecule has 1 aromatic carbocycles. The molecule has 3 rings (SSSR count). The first-order chi connectivity index (χ1) is 8.25. The fraction of sp³-hybridized carbons (Fsp3) is 0.333. The Labute approximate surface area is 108 Å². The van der Waals surface area contributed by atoms with E-state index in [0.29, 0.717) is 5.92 Å². The number of benzene rings is 1. The zero-order chi connectivity index (χ0) is 11.8. The lowest BCUT2D eigenvalue weighted by Crippen LogP contribution is -2.03. The highest BCUT2D eigenvalue weighted by molar-refractivity contribution is 7.99. The van der Waals surface area contributed by atoms with E-state index in [4.69, 9.17) is 5.73 Å². The molecule has 1 aliphatic heterocycles. The molecule has 0 bridgehead atoms. The Hall–Kier alpha value is -0.910. The number of hydrogen-bond donors (Lipinski definition) is 1. The Bertz CT molecular complexity index is 536. The number of aromatic nitrogens is 2. The second kappa shape index (κ2) is 4.40. The zero-order valence-corrected chi connectivity index (χ0v) is 11.1. The molecule has 3 nitrogen and oxygen atoms in total. The van der Waals surface area contributed by atoms with Gasteiger partial charge in [0.2, 0.25) is 0 Å². The summed E-state index contributed by atoms with van der Waals surface area (Å²) in [5.74, 6) is 1.45. The lowest BCUT2D eigenvalue weighted by Gasteiger charge is -2.05. The molecule has 0 spiro atoms. The minimum atomic E-state index is -0.0226. The SMILES string of the molecule is CC(N)c1nnc(C2CSc3ccccc32)s1. The van der Waals surface area contributed by atoms with E-state index in [1.165, 1.54) is 10.5 Å². The highest BCUT2D eigenvalue weighted by Gasteiger charge is 2.27. The largest absolute Gasteiger partial charge is 0.322 e. The van der Waals surface area contributed by atoms with Gasteiger partial charge in [0.1, 0.15) is 10.0 Å². The zero-order valence-electron chi connectivity index (χ0n) is 9.46. The van der Waals surface area contributed by atoms with E-state index >= 15 is 0 Å². The van der Waals surface area contributed by atoms with Crippen molar-refractivity contribution in [2.45, 2.75) is 23.8 Å². The second-order valence-corrected chi connectivity index (χ2v) is 6.27. The third-order valence-corrected chi connectivity index (χ3v) is 5.26. The van der Waals surface area contributed by atoms with Crippen LogP contribution in [0.5, 0.6) is 0 Å². The molecule has 1 aliphatic rings. The molecule has 0 radical (unpaired) electrons. The summed E-state index contributed by atoms with van der Waals surface area (Å²) in [6, 6.07) is 8.51. The molecule has 0 aliphatic carbocycles. The summed E-state index contributed by atoms with van der Waals surface area (Å²) in [5.41, 5.74) is 7.20. The molecule has 0 fully saturated rings. The van der Waals surface area contributed by atoms with Gasteiger partial charge in [-0.3, -0.25) is 0 Å². The highest BCUT2D eigenvalue weighted by atomic mass is 32.2. The molecule has 0 saturated heterocycles. The van der Waals surface area contributed by atoms with Gasteiger partial charge in [-0.25, -0.2) is 0 Å². The summed E-state index contributed by atoms with van der Waals surface area (Å²) in [4.78, 5) is 1.37. The third-order valence-electron chi connectivity index (χ3n) is 2.84. The van der Waals surface area contributed by atoms with Crippen LogP contribution in [0.2, 0.25) is 0 Å². The average Bonchev–Trinajstić information content (AvgIpc) is 2.95. The van der Waals surface area contributed by atoms with Gasteiger partial charge in [-0.1, -0.05) is 29.5 Å². The van der Waals surface area contributed by atoms with Gasteiger partial charge in [0.25, 0.3) is 0 Å². The number of hydrogen-bond acceptors (Lipinski definition) is 5. The maximum Gasteiger partial charge on any atom is 0.133 e. The van der Waals surface area contributed by atoms with Gasteiger partial charge in [0.15, 0.2) is 0 Å². The van der Waals surface area contributed by atoms with E-state index in [-0.39, 0.29) is 6.04 Å². The van der Waals surface area contributed by atoms with Crippen molar-refractivity contribution in [3.05, 3.63) is 39.8 Å². The Morgan fingerprint density at radius 2 is 2.18 bits per heavy atom. The summed E-state index contributed by atoms with van der Waals surface area (Å²) < 4.78 is 0. The van der Waals surface area contributed by atoms with Crippen molar-refractivity contribution in [2.75, 3.05) is 5.75 Å². The standard InChI is InChI=1S/C12H13N3S2/c1-7(13)11-14-15-12(17-11)9-6-16-10-5-3-2-4-8(9)10/h2-5,7,9H,6,13H2,1H3. The minimum Gasteiger partial charge on any atom is -0.322 e. The van der Waals surface area contributed by atoms with Crippen molar-refractivity contribution in [3.8, 4) is 0 Å². The first-order valence-electron chi connectivity index (χ1n) is 5.56.